The van der Waals surface area contributed by atoms with E-state index in [9.17, 15) is 4.79 Å². The van der Waals surface area contributed by atoms with E-state index in [1.165, 1.54) is 12.8 Å². The van der Waals surface area contributed by atoms with Crippen LogP contribution in [0.5, 0.6) is 0 Å². The number of esters is 1. The van der Waals surface area contributed by atoms with Crippen molar-refractivity contribution >= 4 is 14.8 Å². The van der Waals surface area contributed by atoms with Crippen LogP contribution in [-0.2, 0) is 9.53 Å². The van der Waals surface area contributed by atoms with E-state index in [0.717, 1.165) is 17.9 Å². The maximum atomic E-state index is 12.1. The number of carbonyl (C=O) groups excluding carboxylic acids is 1. The van der Waals surface area contributed by atoms with Gasteiger partial charge in [0.25, 0.3) is 0 Å². The van der Waals surface area contributed by atoms with Gasteiger partial charge in [-0.2, -0.15) is 0 Å². The first kappa shape index (κ1) is 13.1. The third-order valence-corrected chi connectivity index (χ3v) is 6.50. The van der Waals surface area contributed by atoms with Gasteiger partial charge in [-0.25, -0.2) is 0 Å². The first-order valence-corrected chi connectivity index (χ1v) is 9.38. The van der Waals surface area contributed by atoms with Crippen molar-refractivity contribution in [3.8, 4) is 0 Å². The zero-order chi connectivity index (χ0) is 12.8. The lowest BCUT2D eigenvalue weighted by atomic mass is 9.88. The number of fused-ring (bicyclic) bond motifs is 2. The van der Waals surface area contributed by atoms with Crippen LogP contribution in [0.15, 0.2) is 0 Å². The highest BCUT2D eigenvalue weighted by atomic mass is 28.3. The molecule has 2 fully saturated rings. The summed E-state index contributed by atoms with van der Waals surface area (Å²) >= 11 is 0. The maximum Gasteiger partial charge on any atom is 0.309 e. The van der Waals surface area contributed by atoms with E-state index in [-0.39, 0.29) is 26.3 Å². The summed E-state index contributed by atoms with van der Waals surface area (Å²) in [4.78, 5) is 12.1. The summed E-state index contributed by atoms with van der Waals surface area (Å²) in [6.45, 7) is 10.7. The minimum Gasteiger partial charge on any atom is -0.460 e. The van der Waals surface area contributed by atoms with Crippen LogP contribution in [0.3, 0.4) is 0 Å². The average molecular weight is 253 g/mol. The van der Waals surface area contributed by atoms with Crippen LogP contribution >= 0.6 is 0 Å². The minimum absolute atomic E-state index is 0.0597. The summed E-state index contributed by atoms with van der Waals surface area (Å²) in [5.74, 6) is 1.71. The Kier molecular flexibility index (Phi) is 3.41. The lowest BCUT2D eigenvalue weighted by Crippen LogP contribution is -2.33. The second kappa shape index (κ2) is 4.41. The van der Waals surface area contributed by atoms with Crippen LogP contribution in [0.1, 0.15) is 40.0 Å². The first-order chi connectivity index (χ1) is 7.78. The minimum atomic E-state index is -0.331. The third kappa shape index (κ3) is 2.75. The van der Waals surface area contributed by atoms with E-state index in [1.54, 1.807) is 0 Å². The molecule has 0 aromatic rings. The molecule has 17 heavy (non-hydrogen) atoms. The predicted molar refractivity (Wildman–Crippen MR) is 71.4 cm³/mol. The first-order valence-electron chi connectivity index (χ1n) is 6.81. The van der Waals surface area contributed by atoms with Crippen LogP contribution in [0.25, 0.3) is 0 Å². The summed E-state index contributed by atoms with van der Waals surface area (Å²) in [5.41, 5.74) is 0.617. The van der Waals surface area contributed by atoms with Crippen LogP contribution in [0.4, 0.5) is 0 Å². The lowest BCUT2D eigenvalue weighted by molar-refractivity contribution is -0.161. The van der Waals surface area contributed by atoms with Gasteiger partial charge >= 0.3 is 5.97 Å². The van der Waals surface area contributed by atoms with E-state index in [4.69, 9.17) is 4.74 Å². The number of hydrogen-bond acceptors (Lipinski definition) is 2. The molecule has 1 radical (unpaired) electrons. The van der Waals surface area contributed by atoms with Gasteiger partial charge in [-0.15, -0.1) is 0 Å². The van der Waals surface area contributed by atoms with E-state index < -0.39 is 0 Å². The van der Waals surface area contributed by atoms with Gasteiger partial charge in [0.15, 0.2) is 0 Å². The predicted octanol–water partition coefficient (Wildman–Crippen LogP) is 3.50. The van der Waals surface area contributed by atoms with Crippen molar-refractivity contribution in [2.75, 3.05) is 0 Å². The summed E-state index contributed by atoms with van der Waals surface area (Å²) in [7, 11) is -0.177. The highest BCUT2D eigenvalue weighted by Gasteiger charge is 2.50. The molecule has 2 aliphatic rings. The summed E-state index contributed by atoms with van der Waals surface area (Å²) in [5, 5.41) is 0. The Balaban J connectivity index is 1.94. The number of carbonyl (C=O) groups is 1. The van der Waals surface area contributed by atoms with Gasteiger partial charge in [0, 0.05) is 8.80 Å². The largest absolute Gasteiger partial charge is 0.460 e. The summed E-state index contributed by atoms with van der Waals surface area (Å²) < 4.78 is 5.54. The fourth-order valence-corrected chi connectivity index (χ4v) is 5.64. The lowest BCUT2D eigenvalue weighted by Gasteiger charge is -2.30. The zero-order valence-corrected chi connectivity index (χ0v) is 12.7. The SMILES string of the molecule is C[Si](C)C1CC2CC1CC2C(=O)OC(C)(C)C. The molecule has 0 aromatic heterocycles. The van der Waals surface area contributed by atoms with Crippen molar-refractivity contribution in [1.29, 1.82) is 0 Å². The smallest absolute Gasteiger partial charge is 0.309 e. The van der Waals surface area contributed by atoms with E-state index in [0.29, 0.717) is 5.92 Å². The van der Waals surface area contributed by atoms with Crippen molar-refractivity contribution in [2.24, 2.45) is 17.8 Å². The third-order valence-electron chi connectivity index (χ3n) is 4.31. The van der Waals surface area contributed by atoms with Crippen molar-refractivity contribution in [1.82, 2.24) is 0 Å². The molecule has 0 N–H and O–H groups in total. The van der Waals surface area contributed by atoms with Crippen LogP contribution < -0.4 is 0 Å². The zero-order valence-electron chi connectivity index (χ0n) is 11.7. The molecule has 0 amide bonds. The van der Waals surface area contributed by atoms with Gasteiger partial charge in [-0.1, -0.05) is 13.1 Å². The molecule has 4 atom stereocenters. The van der Waals surface area contributed by atoms with E-state index in [1.807, 2.05) is 20.8 Å². The quantitative estimate of drug-likeness (QED) is 0.556. The van der Waals surface area contributed by atoms with Gasteiger partial charge in [0.1, 0.15) is 5.60 Å². The average Bonchev–Trinajstić information content (AvgIpc) is 2.72. The van der Waals surface area contributed by atoms with Crippen molar-refractivity contribution in [2.45, 2.75) is 64.3 Å². The van der Waals surface area contributed by atoms with Crippen LogP contribution in [0, 0.1) is 17.8 Å². The number of hydrogen-bond donors (Lipinski definition) is 0. The summed E-state index contributed by atoms with van der Waals surface area (Å²) in [6, 6.07) is 0. The normalized spacial score (nSPS) is 36.6. The molecule has 0 aromatic carbocycles. The Morgan fingerprint density at radius 1 is 1.12 bits per heavy atom. The van der Waals surface area contributed by atoms with Crippen molar-refractivity contribution in [3.63, 3.8) is 0 Å². The van der Waals surface area contributed by atoms with Crippen molar-refractivity contribution < 1.29 is 9.53 Å². The number of rotatable bonds is 2. The molecule has 2 nitrogen and oxygen atoms in total. The molecule has 4 unspecified atom stereocenters. The van der Waals surface area contributed by atoms with Crippen LogP contribution in [-0.4, -0.2) is 20.4 Å². The fourth-order valence-electron chi connectivity index (χ4n) is 3.65. The monoisotopic (exact) mass is 253 g/mol. The molecular weight excluding hydrogens is 228 g/mol. The van der Waals surface area contributed by atoms with Crippen molar-refractivity contribution in [3.05, 3.63) is 0 Å². The standard InChI is InChI=1S/C14H25O2Si/c1-14(2,3)16-13(15)11-7-10-6-9(11)8-12(10)17(4)5/h9-12H,6-8H2,1-5H3. The molecule has 2 aliphatic carbocycles. The molecule has 97 valence electrons. The Hall–Kier alpha value is -0.313. The maximum absolute atomic E-state index is 12.1. The summed E-state index contributed by atoms with van der Waals surface area (Å²) in [6.07, 6.45) is 3.67. The Labute approximate surface area is 107 Å². The van der Waals surface area contributed by atoms with Gasteiger partial charge in [0.2, 0.25) is 0 Å². The van der Waals surface area contributed by atoms with Gasteiger partial charge < -0.3 is 4.74 Å². The van der Waals surface area contributed by atoms with Gasteiger partial charge in [-0.05, 0) is 57.4 Å². The number of ether oxygens (including phenoxy) is 1. The molecule has 0 aliphatic heterocycles. The molecule has 2 bridgehead atoms. The second-order valence-corrected chi connectivity index (χ2v) is 9.95. The van der Waals surface area contributed by atoms with Crippen LogP contribution in [0.2, 0.25) is 18.6 Å². The molecule has 2 saturated carbocycles. The molecule has 2 rings (SSSR count). The Morgan fingerprint density at radius 3 is 2.18 bits per heavy atom. The van der Waals surface area contributed by atoms with Gasteiger partial charge in [0.05, 0.1) is 5.92 Å². The molecule has 0 saturated heterocycles. The molecule has 0 heterocycles. The topological polar surface area (TPSA) is 26.3 Å². The van der Waals surface area contributed by atoms with E-state index >= 15 is 0 Å². The molecule has 3 heteroatoms. The van der Waals surface area contributed by atoms with E-state index in [2.05, 4.69) is 13.1 Å². The molecule has 0 spiro atoms. The highest BCUT2D eigenvalue weighted by molar-refractivity contribution is 6.57. The van der Waals surface area contributed by atoms with Gasteiger partial charge in [-0.3, -0.25) is 4.79 Å². The second-order valence-electron chi connectivity index (χ2n) is 7.05. The highest BCUT2D eigenvalue weighted by Crippen LogP contribution is 2.56. The molecular formula is C14H25O2Si. The Morgan fingerprint density at radius 2 is 1.76 bits per heavy atom. The Bertz CT molecular complexity index is 306. The fraction of sp³-hybridized carbons (Fsp3) is 0.929.